The summed E-state index contributed by atoms with van der Waals surface area (Å²) in [4.78, 5) is 13.6. The molecule has 0 bridgehead atoms. The van der Waals surface area contributed by atoms with Crippen molar-refractivity contribution in [1.82, 2.24) is 15.5 Å². The zero-order valence-corrected chi connectivity index (χ0v) is 10.4. The molecule has 0 atom stereocenters. The molecule has 0 fully saturated rings. The van der Waals surface area contributed by atoms with E-state index >= 15 is 0 Å². The van der Waals surface area contributed by atoms with Gasteiger partial charge in [0.1, 0.15) is 5.82 Å². The smallest absolute Gasteiger partial charge is 0.305 e. The van der Waals surface area contributed by atoms with Gasteiger partial charge < -0.3 is 9.84 Å². The topological polar surface area (TPSA) is 94.1 Å². The minimum atomic E-state index is -1.20. The number of nitro benzene ring substituents is 1. The molecule has 0 aliphatic rings. The lowest BCUT2D eigenvalue weighted by molar-refractivity contribution is -0.387. The number of benzene rings is 1. The van der Waals surface area contributed by atoms with E-state index in [2.05, 4.69) is 15.5 Å². The van der Waals surface area contributed by atoms with Gasteiger partial charge in [-0.2, -0.15) is 9.37 Å². The standard InChI is InChI=1S/C11H10F2N4O3/c1-6-15-11(20-16-6)5-14-4-7-2-10(17(18)19)9(13)3-8(7)12/h2-3,14H,4-5H2,1H3. The fraction of sp³-hybridized carbons (Fsp3) is 0.273. The highest BCUT2D eigenvalue weighted by molar-refractivity contribution is 5.37. The summed E-state index contributed by atoms with van der Waals surface area (Å²) in [5, 5.41) is 16.9. The van der Waals surface area contributed by atoms with E-state index < -0.39 is 22.2 Å². The largest absolute Gasteiger partial charge is 0.338 e. The van der Waals surface area contributed by atoms with Crippen molar-refractivity contribution in [3.05, 3.63) is 51.2 Å². The molecule has 2 rings (SSSR count). The van der Waals surface area contributed by atoms with Crippen LogP contribution in [0.5, 0.6) is 0 Å². The Hall–Kier alpha value is -2.42. The van der Waals surface area contributed by atoms with E-state index in [1.165, 1.54) is 0 Å². The molecule has 20 heavy (non-hydrogen) atoms. The van der Waals surface area contributed by atoms with Crippen molar-refractivity contribution in [1.29, 1.82) is 0 Å². The lowest BCUT2D eigenvalue weighted by Crippen LogP contribution is -2.14. The van der Waals surface area contributed by atoms with Crippen LogP contribution < -0.4 is 5.32 Å². The summed E-state index contributed by atoms with van der Waals surface area (Å²) in [5.41, 5.74) is -0.786. The van der Waals surface area contributed by atoms with Gasteiger partial charge in [-0.25, -0.2) is 4.39 Å². The molecular formula is C11H10F2N4O3. The van der Waals surface area contributed by atoms with E-state index in [4.69, 9.17) is 4.52 Å². The highest BCUT2D eigenvalue weighted by Gasteiger charge is 2.18. The van der Waals surface area contributed by atoms with Crippen LogP contribution in [0.2, 0.25) is 0 Å². The van der Waals surface area contributed by atoms with Crippen molar-refractivity contribution in [2.75, 3.05) is 0 Å². The zero-order valence-electron chi connectivity index (χ0n) is 10.4. The summed E-state index contributed by atoms with van der Waals surface area (Å²) in [5.74, 6) is -1.30. The molecular weight excluding hydrogens is 274 g/mol. The van der Waals surface area contributed by atoms with Crippen LogP contribution in [0.4, 0.5) is 14.5 Å². The van der Waals surface area contributed by atoms with Crippen molar-refractivity contribution < 1.29 is 18.2 Å². The van der Waals surface area contributed by atoms with Gasteiger partial charge in [0.25, 0.3) is 0 Å². The van der Waals surface area contributed by atoms with E-state index in [0.717, 1.165) is 6.07 Å². The number of aromatic nitrogens is 2. The van der Waals surface area contributed by atoms with Crippen LogP contribution >= 0.6 is 0 Å². The van der Waals surface area contributed by atoms with Gasteiger partial charge in [-0.3, -0.25) is 10.1 Å². The lowest BCUT2D eigenvalue weighted by Gasteiger charge is -2.04. The predicted molar refractivity (Wildman–Crippen MR) is 62.6 cm³/mol. The number of rotatable bonds is 5. The number of nitro groups is 1. The number of nitrogens with one attached hydrogen (secondary N) is 1. The van der Waals surface area contributed by atoms with Gasteiger partial charge in [0, 0.05) is 24.2 Å². The Morgan fingerprint density at radius 2 is 2.10 bits per heavy atom. The Morgan fingerprint density at radius 3 is 2.70 bits per heavy atom. The van der Waals surface area contributed by atoms with Crippen LogP contribution in [0.15, 0.2) is 16.7 Å². The molecule has 0 spiro atoms. The van der Waals surface area contributed by atoms with Crippen LogP contribution in [0.3, 0.4) is 0 Å². The molecule has 0 saturated carbocycles. The monoisotopic (exact) mass is 284 g/mol. The second-order valence-electron chi connectivity index (χ2n) is 3.99. The van der Waals surface area contributed by atoms with Crippen LogP contribution in [0.25, 0.3) is 0 Å². The van der Waals surface area contributed by atoms with Gasteiger partial charge in [-0.05, 0) is 6.92 Å². The molecule has 0 aliphatic heterocycles. The summed E-state index contributed by atoms with van der Waals surface area (Å²) in [6, 6.07) is 1.35. The Labute approximate surface area is 111 Å². The maximum Gasteiger partial charge on any atom is 0.305 e. The summed E-state index contributed by atoms with van der Waals surface area (Å²) in [7, 11) is 0. The predicted octanol–water partition coefficient (Wildman–Crippen LogP) is 1.85. The Balaban J connectivity index is 2.05. The normalized spacial score (nSPS) is 10.8. The van der Waals surface area contributed by atoms with E-state index in [1.807, 2.05) is 0 Å². The van der Waals surface area contributed by atoms with E-state index in [9.17, 15) is 18.9 Å². The molecule has 1 N–H and O–H groups in total. The van der Waals surface area contributed by atoms with Crippen molar-refractivity contribution >= 4 is 5.69 Å². The van der Waals surface area contributed by atoms with Crippen molar-refractivity contribution in [2.24, 2.45) is 0 Å². The summed E-state index contributed by atoms with van der Waals surface area (Å²) in [6.45, 7) is 1.79. The third kappa shape index (κ3) is 3.12. The van der Waals surface area contributed by atoms with Gasteiger partial charge in [0.05, 0.1) is 11.5 Å². The lowest BCUT2D eigenvalue weighted by atomic mass is 10.2. The van der Waals surface area contributed by atoms with Gasteiger partial charge in [-0.15, -0.1) is 0 Å². The van der Waals surface area contributed by atoms with Gasteiger partial charge >= 0.3 is 5.69 Å². The van der Waals surface area contributed by atoms with Crippen LogP contribution in [-0.4, -0.2) is 15.1 Å². The molecule has 9 heteroatoms. The number of nitrogens with zero attached hydrogens (tertiary/aromatic N) is 3. The maximum absolute atomic E-state index is 13.5. The molecule has 106 valence electrons. The van der Waals surface area contributed by atoms with Crippen molar-refractivity contribution in [3.63, 3.8) is 0 Å². The van der Waals surface area contributed by atoms with Crippen LogP contribution in [-0.2, 0) is 13.1 Å². The molecule has 0 saturated heterocycles. The minimum Gasteiger partial charge on any atom is -0.338 e. The maximum atomic E-state index is 13.5. The third-order valence-corrected chi connectivity index (χ3v) is 2.47. The molecule has 1 heterocycles. The average Bonchev–Trinajstić information content (AvgIpc) is 2.77. The first-order valence-electron chi connectivity index (χ1n) is 5.59. The molecule has 2 aromatic rings. The fourth-order valence-electron chi connectivity index (χ4n) is 1.57. The second kappa shape index (κ2) is 5.70. The van der Waals surface area contributed by atoms with Gasteiger partial charge in [0.2, 0.25) is 11.7 Å². The van der Waals surface area contributed by atoms with Crippen molar-refractivity contribution in [3.8, 4) is 0 Å². The first-order valence-corrected chi connectivity index (χ1v) is 5.59. The minimum absolute atomic E-state index is 0.0191. The Morgan fingerprint density at radius 1 is 1.35 bits per heavy atom. The Bertz CT molecular complexity index is 645. The zero-order chi connectivity index (χ0) is 14.7. The van der Waals surface area contributed by atoms with E-state index in [-0.39, 0.29) is 18.7 Å². The molecule has 1 aromatic carbocycles. The van der Waals surface area contributed by atoms with Crippen LogP contribution in [0, 0.1) is 28.7 Å². The molecule has 1 aromatic heterocycles. The van der Waals surface area contributed by atoms with Crippen molar-refractivity contribution in [2.45, 2.75) is 20.0 Å². The van der Waals surface area contributed by atoms with E-state index in [0.29, 0.717) is 17.8 Å². The first-order chi connectivity index (χ1) is 9.47. The summed E-state index contributed by atoms with van der Waals surface area (Å²) < 4.78 is 31.4. The van der Waals surface area contributed by atoms with Gasteiger partial charge in [0.15, 0.2) is 5.82 Å². The molecule has 0 amide bonds. The molecule has 0 unspecified atom stereocenters. The number of hydrogen-bond donors (Lipinski definition) is 1. The number of aryl methyl sites for hydroxylation is 1. The van der Waals surface area contributed by atoms with E-state index in [1.54, 1.807) is 6.92 Å². The summed E-state index contributed by atoms with van der Waals surface area (Å²) >= 11 is 0. The Kier molecular flexibility index (Phi) is 3.99. The third-order valence-electron chi connectivity index (χ3n) is 2.47. The highest BCUT2D eigenvalue weighted by atomic mass is 19.1. The number of halogens is 2. The first kappa shape index (κ1) is 14.0. The number of hydrogen-bond acceptors (Lipinski definition) is 6. The summed E-state index contributed by atoms with van der Waals surface area (Å²) in [6.07, 6.45) is 0. The molecule has 0 aliphatic carbocycles. The SMILES string of the molecule is Cc1noc(CNCc2cc([N+](=O)[O-])c(F)cc2F)n1. The average molecular weight is 284 g/mol. The fourth-order valence-corrected chi connectivity index (χ4v) is 1.57. The quantitative estimate of drug-likeness (QED) is 0.665. The second-order valence-corrected chi connectivity index (χ2v) is 3.99. The molecule has 7 nitrogen and oxygen atoms in total. The molecule has 0 radical (unpaired) electrons. The van der Waals surface area contributed by atoms with Crippen LogP contribution in [0.1, 0.15) is 17.3 Å². The van der Waals surface area contributed by atoms with Gasteiger partial charge in [-0.1, -0.05) is 5.16 Å². The highest BCUT2D eigenvalue weighted by Crippen LogP contribution is 2.21.